The van der Waals surface area contributed by atoms with Crippen LogP contribution in [0.15, 0.2) is 18.2 Å². The molecule has 1 aromatic rings. The number of ketones is 1. The normalized spacial score (nSPS) is 29.5. The van der Waals surface area contributed by atoms with Crippen molar-refractivity contribution < 1.29 is 13.9 Å². The minimum Gasteiger partial charge on any atom is -0.375 e. The first-order valence-electron chi connectivity index (χ1n) is 7.05. The monoisotopic (exact) mass is 262 g/mol. The van der Waals surface area contributed by atoms with E-state index in [9.17, 15) is 9.18 Å². The summed E-state index contributed by atoms with van der Waals surface area (Å²) in [6.45, 7) is 1.93. The summed E-state index contributed by atoms with van der Waals surface area (Å²) in [6.07, 6.45) is 4.80. The molecule has 3 rings (SSSR count). The van der Waals surface area contributed by atoms with Crippen molar-refractivity contribution in [1.82, 2.24) is 0 Å². The van der Waals surface area contributed by atoms with Gasteiger partial charge in [0.1, 0.15) is 11.6 Å². The lowest BCUT2D eigenvalue weighted by Crippen LogP contribution is -2.30. The van der Waals surface area contributed by atoms with Crippen LogP contribution in [0.4, 0.5) is 4.39 Å². The number of hydrogen-bond acceptors (Lipinski definition) is 2. The van der Waals surface area contributed by atoms with Crippen molar-refractivity contribution >= 4 is 5.78 Å². The molecule has 2 saturated heterocycles. The van der Waals surface area contributed by atoms with Crippen molar-refractivity contribution in [2.24, 2.45) is 5.92 Å². The van der Waals surface area contributed by atoms with Gasteiger partial charge >= 0.3 is 0 Å². The molecule has 19 heavy (non-hydrogen) atoms. The molecule has 3 heteroatoms. The molecule has 1 aromatic carbocycles. The van der Waals surface area contributed by atoms with Gasteiger partial charge in [-0.2, -0.15) is 0 Å². The molecule has 0 spiro atoms. The van der Waals surface area contributed by atoms with Gasteiger partial charge in [0.15, 0.2) is 0 Å². The van der Waals surface area contributed by atoms with Crippen LogP contribution in [0.3, 0.4) is 0 Å². The fraction of sp³-hybridized carbons (Fsp3) is 0.562. The second-order valence-corrected chi connectivity index (χ2v) is 5.84. The Kier molecular flexibility index (Phi) is 3.40. The standard InChI is InChI=1S/C16H19FO2/c1-10-2-3-13(17)6-11(10)9-16(18)12-7-14-4-5-15(8-12)19-14/h2-3,6,12,14-15H,4-5,7-9H2,1H3. The lowest BCUT2D eigenvalue weighted by Gasteiger charge is -2.27. The van der Waals surface area contributed by atoms with E-state index in [0.29, 0.717) is 6.42 Å². The van der Waals surface area contributed by atoms with Gasteiger partial charge in [-0.25, -0.2) is 4.39 Å². The highest BCUT2D eigenvalue weighted by Crippen LogP contribution is 2.36. The van der Waals surface area contributed by atoms with Crippen LogP contribution in [0.5, 0.6) is 0 Å². The predicted molar refractivity (Wildman–Crippen MR) is 70.5 cm³/mol. The molecule has 2 aliphatic heterocycles. The van der Waals surface area contributed by atoms with Gasteiger partial charge in [0, 0.05) is 12.3 Å². The Hall–Kier alpha value is -1.22. The zero-order valence-electron chi connectivity index (χ0n) is 11.2. The summed E-state index contributed by atoms with van der Waals surface area (Å²) in [7, 11) is 0. The Labute approximate surface area is 113 Å². The number of carbonyl (C=O) groups excluding carboxylic acids is 1. The first-order valence-corrected chi connectivity index (χ1v) is 7.05. The van der Waals surface area contributed by atoms with E-state index in [-0.39, 0.29) is 29.7 Å². The molecule has 2 nitrogen and oxygen atoms in total. The largest absolute Gasteiger partial charge is 0.375 e. The lowest BCUT2D eigenvalue weighted by molar-refractivity contribution is -0.127. The van der Waals surface area contributed by atoms with Crippen LogP contribution in [-0.2, 0) is 16.0 Å². The average Bonchev–Trinajstić information content (AvgIpc) is 2.72. The van der Waals surface area contributed by atoms with Gasteiger partial charge in [-0.3, -0.25) is 4.79 Å². The molecule has 2 unspecified atom stereocenters. The van der Waals surface area contributed by atoms with E-state index in [0.717, 1.165) is 36.8 Å². The van der Waals surface area contributed by atoms with Gasteiger partial charge in [0.2, 0.25) is 0 Å². The third-order valence-electron chi connectivity index (χ3n) is 4.42. The third-order valence-corrected chi connectivity index (χ3v) is 4.42. The Morgan fingerprint density at radius 1 is 1.32 bits per heavy atom. The van der Waals surface area contributed by atoms with Crippen LogP contribution < -0.4 is 0 Å². The lowest BCUT2D eigenvalue weighted by atomic mass is 9.87. The summed E-state index contributed by atoms with van der Waals surface area (Å²) in [5.41, 5.74) is 1.81. The van der Waals surface area contributed by atoms with Gasteiger partial charge in [-0.05, 0) is 55.9 Å². The first-order chi connectivity index (χ1) is 9.11. The molecule has 2 atom stereocenters. The zero-order valence-corrected chi connectivity index (χ0v) is 11.2. The van der Waals surface area contributed by atoms with Crippen LogP contribution in [-0.4, -0.2) is 18.0 Å². The maximum Gasteiger partial charge on any atom is 0.140 e. The second-order valence-electron chi connectivity index (χ2n) is 5.84. The molecular weight excluding hydrogens is 243 g/mol. The first kappa shape index (κ1) is 12.8. The molecule has 2 aliphatic rings. The number of fused-ring (bicyclic) bond motifs is 2. The quantitative estimate of drug-likeness (QED) is 0.836. The number of halogens is 1. The van der Waals surface area contributed by atoms with Crippen molar-refractivity contribution in [1.29, 1.82) is 0 Å². The number of aryl methyl sites for hydroxylation is 1. The minimum atomic E-state index is -0.263. The number of rotatable bonds is 3. The molecule has 0 saturated carbocycles. The molecule has 0 aliphatic carbocycles. The summed E-state index contributed by atoms with van der Waals surface area (Å²) in [6, 6.07) is 4.67. The molecular formula is C16H19FO2. The molecule has 2 heterocycles. The second kappa shape index (κ2) is 5.04. The van der Waals surface area contributed by atoms with Crippen molar-refractivity contribution in [3.63, 3.8) is 0 Å². The fourth-order valence-corrected chi connectivity index (χ4v) is 3.28. The number of carbonyl (C=O) groups is 1. The van der Waals surface area contributed by atoms with E-state index < -0.39 is 0 Å². The van der Waals surface area contributed by atoms with Crippen LogP contribution in [0.2, 0.25) is 0 Å². The molecule has 0 aromatic heterocycles. The van der Waals surface area contributed by atoms with E-state index in [1.165, 1.54) is 12.1 Å². The van der Waals surface area contributed by atoms with Crippen LogP contribution >= 0.6 is 0 Å². The Morgan fingerprint density at radius 3 is 2.68 bits per heavy atom. The summed E-state index contributed by atoms with van der Waals surface area (Å²) in [5.74, 6) is 0.0864. The van der Waals surface area contributed by atoms with Gasteiger partial charge in [0.25, 0.3) is 0 Å². The highest BCUT2D eigenvalue weighted by molar-refractivity contribution is 5.83. The van der Waals surface area contributed by atoms with Crippen molar-refractivity contribution in [2.75, 3.05) is 0 Å². The topological polar surface area (TPSA) is 26.3 Å². The van der Waals surface area contributed by atoms with E-state index in [2.05, 4.69) is 0 Å². The van der Waals surface area contributed by atoms with Crippen molar-refractivity contribution in [3.05, 3.63) is 35.1 Å². The zero-order chi connectivity index (χ0) is 13.4. The SMILES string of the molecule is Cc1ccc(F)cc1CC(=O)C1CC2CCC(C1)O2. The summed E-state index contributed by atoms with van der Waals surface area (Å²) < 4.78 is 19.0. The predicted octanol–water partition coefficient (Wildman–Crippen LogP) is 3.20. The smallest absolute Gasteiger partial charge is 0.140 e. The summed E-state index contributed by atoms with van der Waals surface area (Å²) in [5, 5.41) is 0. The summed E-state index contributed by atoms with van der Waals surface area (Å²) in [4.78, 5) is 12.4. The maximum atomic E-state index is 13.2. The Balaban J connectivity index is 1.69. The molecule has 102 valence electrons. The fourth-order valence-electron chi connectivity index (χ4n) is 3.28. The van der Waals surface area contributed by atoms with Gasteiger partial charge < -0.3 is 4.74 Å². The minimum absolute atomic E-state index is 0.105. The third kappa shape index (κ3) is 2.71. The number of ether oxygens (including phenoxy) is 1. The van der Waals surface area contributed by atoms with Crippen molar-refractivity contribution in [2.45, 2.75) is 51.2 Å². The molecule has 0 radical (unpaired) electrons. The number of benzene rings is 1. The van der Waals surface area contributed by atoms with Crippen LogP contribution in [0, 0.1) is 18.7 Å². The van der Waals surface area contributed by atoms with Crippen molar-refractivity contribution in [3.8, 4) is 0 Å². The average molecular weight is 262 g/mol. The van der Waals surface area contributed by atoms with E-state index >= 15 is 0 Å². The molecule has 0 N–H and O–H groups in total. The highest BCUT2D eigenvalue weighted by Gasteiger charge is 2.37. The Morgan fingerprint density at radius 2 is 2.00 bits per heavy atom. The van der Waals surface area contributed by atoms with E-state index in [4.69, 9.17) is 4.74 Å². The Bertz CT molecular complexity index is 486. The summed E-state index contributed by atoms with van der Waals surface area (Å²) >= 11 is 0. The molecule has 2 bridgehead atoms. The van der Waals surface area contributed by atoms with Gasteiger partial charge in [-0.1, -0.05) is 6.07 Å². The van der Waals surface area contributed by atoms with Crippen LogP contribution in [0.1, 0.15) is 36.8 Å². The maximum absolute atomic E-state index is 13.2. The highest BCUT2D eigenvalue weighted by atomic mass is 19.1. The van der Waals surface area contributed by atoms with E-state index in [1.54, 1.807) is 6.07 Å². The van der Waals surface area contributed by atoms with Crippen LogP contribution in [0.25, 0.3) is 0 Å². The van der Waals surface area contributed by atoms with Gasteiger partial charge in [0.05, 0.1) is 12.2 Å². The van der Waals surface area contributed by atoms with E-state index in [1.807, 2.05) is 6.92 Å². The molecule has 0 amide bonds. The number of Topliss-reactive ketones (excluding diaryl/α,β-unsaturated/α-hetero) is 1. The molecule has 2 fully saturated rings. The number of hydrogen-bond donors (Lipinski definition) is 0. The van der Waals surface area contributed by atoms with Gasteiger partial charge in [-0.15, -0.1) is 0 Å².